The van der Waals surface area contributed by atoms with Crippen LogP contribution in [-0.2, 0) is 6.18 Å². The molecule has 4 rings (SSSR count). The summed E-state index contributed by atoms with van der Waals surface area (Å²) in [7, 11) is 0. The van der Waals surface area contributed by atoms with Crippen molar-refractivity contribution in [1.82, 2.24) is 15.2 Å². The van der Waals surface area contributed by atoms with Crippen LogP contribution < -0.4 is 10.2 Å². The van der Waals surface area contributed by atoms with Crippen molar-refractivity contribution in [2.24, 2.45) is 0 Å². The highest BCUT2D eigenvalue weighted by Gasteiger charge is 2.32. The monoisotopic (exact) mass is 433 g/mol. The third kappa shape index (κ3) is 4.34. The van der Waals surface area contributed by atoms with Crippen molar-refractivity contribution < 1.29 is 23.4 Å². The first-order valence-electron chi connectivity index (χ1n) is 9.85. The summed E-state index contributed by atoms with van der Waals surface area (Å²) >= 11 is 0. The molecule has 0 saturated carbocycles. The minimum atomic E-state index is -4.57. The van der Waals surface area contributed by atoms with Crippen molar-refractivity contribution >= 4 is 22.4 Å². The summed E-state index contributed by atoms with van der Waals surface area (Å²) in [5.74, 6) is -0.0889. The molecule has 3 aromatic rings. The predicted molar refractivity (Wildman–Crippen MR) is 110 cm³/mol. The van der Waals surface area contributed by atoms with Crippen LogP contribution in [-0.4, -0.2) is 44.6 Å². The highest BCUT2D eigenvalue weighted by molar-refractivity contribution is 5.92. The van der Waals surface area contributed by atoms with Gasteiger partial charge < -0.3 is 20.4 Å². The number of hydrogen-bond acceptors (Lipinski definition) is 7. The topological polar surface area (TPSA) is 94.4 Å². The molecule has 164 valence electrons. The van der Waals surface area contributed by atoms with Crippen LogP contribution in [0.15, 0.2) is 30.5 Å². The molecule has 1 aromatic carbocycles. The Morgan fingerprint density at radius 2 is 1.97 bits per heavy atom. The van der Waals surface area contributed by atoms with Gasteiger partial charge in [0.25, 0.3) is 0 Å². The van der Waals surface area contributed by atoms with Crippen molar-refractivity contribution in [3.8, 4) is 5.75 Å². The molecule has 0 spiro atoms. The van der Waals surface area contributed by atoms with Gasteiger partial charge in [-0.3, -0.25) is 4.98 Å². The fraction of sp³-hybridized carbons (Fsp3) is 0.381. The van der Waals surface area contributed by atoms with Gasteiger partial charge in [-0.1, -0.05) is 0 Å². The largest absolute Gasteiger partial charge is 0.508 e. The zero-order valence-electron chi connectivity index (χ0n) is 17.0. The van der Waals surface area contributed by atoms with Crippen molar-refractivity contribution in [2.75, 3.05) is 23.3 Å². The van der Waals surface area contributed by atoms with Gasteiger partial charge in [0.15, 0.2) is 5.82 Å². The lowest BCUT2D eigenvalue weighted by Gasteiger charge is -2.20. The van der Waals surface area contributed by atoms with Gasteiger partial charge in [0.1, 0.15) is 5.75 Å². The molecule has 0 amide bonds. The highest BCUT2D eigenvalue weighted by atomic mass is 19.4. The van der Waals surface area contributed by atoms with Crippen LogP contribution >= 0.6 is 0 Å². The maximum Gasteiger partial charge on any atom is 0.416 e. The van der Waals surface area contributed by atoms with Gasteiger partial charge in [0.05, 0.1) is 40.8 Å². The van der Waals surface area contributed by atoms with E-state index in [1.807, 2.05) is 11.0 Å². The average molecular weight is 433 g/mol. The van der Waals surface area contributed by atoms with E-state index in [9.17, 15) is 23.4 Å². The molecule has 10 heteroatoms. The molecule has 31 heavy (non-hydrogen) atoms. The molecule has 1 saturated heterocycles. The Balaban J connectivity index is 1.69. The average Bonchev–Trinajstić information content (AvgIpc) is 3.15. The number of hydrogen-bond donors (Lipinski definition) is 3. The maximum absolute atomic E-state index is 13.1. The molecule has 2 atom stereocenters. The van der Waals surface area contributed by atoms with Crippen molar-refractivity contribution in [1.29, 1.82) is 0 Å². The lowest BCUT2D eigenvalue weighted by molar-refractivity contribution is -0.137. The number of nitrogens with one attached hydrogen (secondary N) is 1. The third-order valence-electron chi connectivity index (χ3n) is 5.42. The molecule has 0 unspecified atom stereocenters. The number of aliphatic hydroxyl groups is 1. The molecule has 3 N–H and O–H groups in total. The number of benzene rings is 1. The van der Waals surface area contributed by atoms with E-state index in [1.165, 1.54) is 6.07 Å². The zero-order chi connectivity index (χ0) is 22.3. The van der Waals surface area contributed by atoms with Gasteiger partial charge in [0, 0.05) is 18.5 Å². The number of nitrogens with zero attached hydrogens (tertiary/aromatic N) is 4. The van der Waals surface area contributed by atoms with Gasteiger partial charge >= 0.3 is 6.18 Å². The van der Waals surface area contributed by atoms with Crippen LogP contribution in [0.3, 0.4) is 0 Å². The van der Waals surface area contributed by atoms with Crippen LogP contribution in [0, 0.1) is 6.92 Å². The number of aromatic nitrogens is 3. The molecule has 0 aliphatic carbocycles. The fourth-order valence-electron chi connectivity index (χ4n) is 3.74. The number of aliphatic hydroxyl groups excluding tert-OH is 1. The Bertz CT molecular complexity index is 1120. The quantitative estimate of drug-likeness (QED) is 0.576. The maximum atomic E-state index is 13.1. The molecule has 1 fully saturated rings. The Morgan fingerprint density at radius 3 is 2.65 bits per heavy atom. The van der Waals surface area contributed by atoms with Crippen LogP contribution in [0.5, 0.6) is 5.75 Å². The second kappa shape index (κ2) is 7.84. The van der Waals surface area contributed by atoms with Crippen LogP contribution in [0.4, 0.5) is 24.7 Å². The minimum Gasteiger partial charge on any atom is -0.508 e. The molecule has 3 heterocycles. The molecular formula is C21H22F3N5O2. The first kappa shape index (κ1) is 21.1. The van der Waals surface area contributed by atoms with Gasteiger partial charge in [-0.25, -0.2) is 0 Å². The summed E-state index contributed by atoms with van der Waals surface area (Å²) < 4.78 is 39.4. The number of pyridine rings is 1. The number of β-amino-alcohol motifs (C(OH)–C–C–N with tert-alkyl or cyclic N) is 1. The van der Waals surface area contributed by atoms with E-state index in [1.54, 1.807) is 20.0 Å². The van der Waals surface area contributed by atoms with Crippen LogP contribution in [0.25, 0.3) is 10.9 Å². The predicted octanol–water partition coefficient (Wildman–Crippen LogP) is 3.80. The van der Waals surface area contributed by atoms with Gasteiger partial charge in [-0.15, -0.1) is 5.10 Å². The number of aromatic hydroxyl groups is 1. The smallest absolute Gasteiger partial charge is 0.416 e. The lowest BCUT2D eigenvalue weighted by Crippen LogP contribution is -2.21. The molecule has 2 aromatic heterocycles. The van der Waals surface area contributed by atoms with E-state index in [2.05, 4.69) is 20.5 Å². The van der Waals surface area contributed by atoms with Gasteiger partial charge in [-0.2, -0.15) is 18.3 Å². The van der Waals surface area contributed by atoms with Crippen molar-refractivity contribution in [2.45, 2.75) is 38.6 Å². The third-order valence-corrected chi connectivity index (χ3v) is 5.42. The second-order valence-electron chi connectivity index (χ2n) is 7.79. The summed E-state index contributed by atoms with van der Waals surface area (Å²) in [6.45, 7) is 4.66. The van der Waals surface area contributed by atoms with E-state index in [0.29, 0.717) is 48.0 Å². The SMILES string of the molecule is Cc1nnc(N[C@H](C)c2cc(O)cc(C(F)(F)F)c2)c2cc(N3CC[C@H](O)C3)cnc12. The summed E-state index contributed by atoms with van der Waals surface area (Å²) in [6.07, 6.45) is -2.57. The molecular weight excluding hydrogens is 411 g/mol. The fourth-order valence-corrected chi connectivity index (χ4v) is 3.74. The standard InChI is InChI=1S/C21H22F3N5O2/c1-11(13-5-14(21(22,23)24)7-17(31)6-13)26-20-18-8-15(29-4-3-16(30)10-29)9-25-19(18)12(2)27-28-20/h5-9,11,16,30-31H,3-4,10H2,1-2H3,(H,26,28)/t11-,16+/m1/s1. The Hall–Kier alpha value is -3.14. The summed E-state index contributed by atoms with van der Waals surface area (Å²) in [6, 6.07) is 4.27. The van der Waals surface area contributed by atoms with E-state index in [-0.39, 0.29) is 11.7 Å². The molecule has 1 aliphatic rings. The normalized spacial score (nSPS) is 17.9. The second-order valence-corrected chi connectivity index (χ2v) is 7.79. The lowest BCUT2D eigenvalue weighted by atomic mass is 10.0. The zero-order valence-corrected chi connectivity index (χ0v) is 17.0. The van der Waals surface area contributed by atoms with E-state index in [4.69, 9.17) is 0 Å². The van der Waals surface area contributed by atoms with Crippen molar-refractivity contribution in [3.05, 3.63) is 47.3 Å². The number of phenols is 1. The highest BCUT2D eigenvalue weighted by Crippen LogP contribution is 2.35. The van der Waals surface area contributed by atoms with E-state index >= 15 is 0 Å². The minimum absolute atomic E-state index is 0.259. The van der Waals surface area contributed by atoms with Crippen LogP contribution in [0.1, 0.15) is 36.2 Å². The van der Waals surface area contributed by atoms with E-state index in [0.717, 1.165) is 11.8 Å². The molecule has 1 aliphatic heterocycles. The molecule has 0 bridgehead atoms. The van der Waals surface area contributed by atoms with Gasteiger partial charge in [-0.05, 0) is 50.1 Å². The number of halogens is 3. The Labute approximate surface area is 176 Å². The number of anilines is 2. The van der Waals surface area contributed by atoms with E-state index < -0.39 is 23.5 Å². The number of alkyl halides is 3. The number of fused-ring (bicyclic) bond motifs is 1. The summed E-state index contributed by atoms with van der Waals surface area (Å²) in [5, 5.41) is 31.7. The molecule has 0 radical (unpaired) electrons. The molecule has 7 nitrogen and oxygen atoms in total. The van der Waals surface area contributed by atoms with Crippen LogP contribution in [0.2, 0.25) is 0 Å². The number of rotatable bonds is 4. The number of aryl methyl sites for hydroxylation is 1. The Kier molecular flexibility index (Phi) is 5.34. The Morgan fingerprint density at radius 1 is 1.19 bits per heavy atom. The first-order valence-corrected chi connectivity index (χ1v) is 9.85. The summed E-state index contributed by atoms with van der Waals surface area (Å²) in [5.41, 5.74) is 1.41. The van der Waals surface area contributed by atoms with Crippen molar-refractivity contribution in [3.63, 3.8) is 0 Å². The van der Waals surface area contributed by atoms with Gasteiger partial charge in [0.2, 0.25) is 0 Å². The summed E-state index contributed by atoms with van der Waals surface area (Å²) in [4.78, 5) is 6.52. The first-order chi connectivity index (χ1) is 14.6. The number of phenolic OH excluding ortho intramolecular Hbond substituents is 1.